The van der Waals surface area contributed by atoms with Gasteiger partial charge in [0.05, 0.1) is 0 Å². The fraction of sp³-hybridized carbons (Fsp3) is 0.300. The van der Waals surface area contributed by atoms with Crippen LogP contribution >= 0.6 is 127 Å². The molecule has 0 unspecified atom stereocenters. The maximum absolute atomic E-state index is 8.40. The van der Waals surface area contributed by atoms with Crippen molar-refractivity contribution < 1.29 is 49.4 Å². The highest BCUT2D eigenvalue weighted by atomic mass is 79.9. The standard InChI is InChI=1S/C80H88Br8N8O12Si8/c81-73-25-9-65(10-26-73)57-89-41-1-49-109-97-110(50-2-42-90-58-66-11-27-74(82)28-12-66)100-113(53-5-45-93-61-69-17-33-77(85)34-18-69)102-111(98-109,51-3-43-91-59-67-13-29-75(83)30-14-67)104-115(55-7-47-95-63-71-21-37-79(87)38-22-71)105-112(99-109,52-4-44-92-60-68-15-31-76(84)32-16-68)103-114(101-110,54-6-46-94-62-70-19-35-78(86)36-20-70)107-116(106-113,108-115)56-8-48-96-64-72-23-39-80(88)40-24-72/h9-40,57-64H,1-8,41-56H2. The fourth-order valence-electron chi connectivity index (χ4n) is 13.4. The van der Waals surface area contributed by atoms with E-state index in [1.807, 2.05) is 244 Å². The number of aliphatic imine (C=N–C) groups is 8. The average Bonchev–Trinajstić information content (AvgIpc) is 0.686. The summed E-state index contributed by atoms with van der Waals surface area (Å²) in [4.78, 5) is 40.5. The van der Waals surface area contributed by atoms with Crippen molar-refractivity contribution >= 4 is 248 Å². The zero-order valence-electron chi connectivity index (χ0n) is 63.6. The second-order valence-electron chi connectivity index (χ2n) is 28.2. The molecule has 0 aromatic heterocycles. The molecule has 8 aromatic carbocycles. The summed E-state index contributed by atoms with van der Waals surface area (Å²) < 4.78 is 109. The molecule has 608 valence electrons. The van der Waals surface area contributed by atoms with Gasteiger partial charge in [0.25, 0.3) is 0 Å². The molecule has 20 nitrogen and oxygen atoms in total. The molecule has 8 aromatic rings. The van der Waals surface area contributed by atoms with Crippen LogP contribution in [0.5, 0.6) is 0 Å². The summed E-state index contributed by atoms with van der Waals surface area (Å²) in [6, 6.07) is 66.0. The van der Waals surface area contributed by atoms with Crippen molar-refractivity contribution in [3.8, 4) is 0 Å². The van der Waals surface area contributed by atoms with Crippen LogP contribution < -0.4 is 0 Å². The van der Waals surface area contributed by atoms with E-state index in [2.05, 4.69) is 127 Å². The third-order valence-corrected chi connectivity index (χ3v) is 60.6. The third-order valence-electron chi connectivity index (χ3n) is 18.8. The number of rotatable bonds is 40. The molecular weight excluding hydrogens is 2130 g/mol. The van der Waals surface area contributed by atoms with E-state index in [4.69, 9.17) is 89.3 Å². The Morgan fingerprint density at radius 2 is 0.259 bits per heavy atom. The Morgan fingerprint density at radius 1 is 0.164 bits per heavy atom. The van der Waals surface area contributed by atoms with E-state index >= 15 is 0 Å². The van der Waals surface area contributed by atoms with E-state index in [0.29, 0.717) is 104 Å². The third kappa shape index (κ3) is 27.1. The Labute approximate surface area is 755 Å². The first kappa shape index (κ1) is 90.0. The molecule has 36 heteroatoms. The van der Waals surface area contributed by atoms with Crippen LogP contribution in [0.4, 0.5) is 0 Å². The lowest BCUT2D eigenvalue weighted by Gasteiger charge is -2.63. The van der Waals surface area contributed by atoms with E-state index in [1.54, 1.807) is 0 Å². The van der Waals surface area contributed by atoms with Crippen molar-refractivity contribution in [1.82, 2.24) is 0 Å². The Balaban J connectivity index is 1.00. The van der Waals surface area contributed by atoms with Gasteiger partial charge < -0.3 is 49.4 Å². The lowest BCUT2D eigenvalue weighted by Crippen LogP contribution is -2.88. The van der Waals surface area contributed by atoms with E-state index in [0.717, 1.165) is 80.3 Å². The van der Waals surface area contributed by atoms with Gasteiger partial charge in [-0.3, -0.25) is 39.9 Å². The number of hydrogen-bond acceptors (Lipinski definition) is 20. The summed E-state index contributed by atoms with van der Waals surface area (Å²) in [6.45, 7) is 2.88. The molecule has 0 N–H and O–H groups in total. The van der Waals surface area contributed by atoms with Crippen LogP contribution in [-0.4, -0.2) is 173 Å². The summed E-state index contributed by atoms with van der Waals surface area (Å²) in [5.74, 6) is 0. The van der Waals surface area contributed by atoms with Crippen LogP contribution in [0, 0.1) is 0 Å². The maximum Gasteiger partial charge on any atom is 0.478 e. The highest BCUT2D eigenvalue weighted by Gasteiger charge is 2.83. The van der Waals surface area contributed by atoms with Crippen molar-refractivity contribution in [3.05, 3.63) is 274 Å². The molecule has 0 atom stereocenters. The average molecular weight is 2220 g/mol. The molecule has 0 amide bonds. The Hall–Kier alpha value is -3.78. The molecule has 0 radical (unpaired) electrons. The SMILES string of the molecule is Brc1ccc(C=NCCC[Si]23O[Si]4(CCCN=Cc5ccc(Br)cc5)O[Si]5(CCCN=Cc6ccc(Br)cc6)O[Si](CCCN=Cc6ccc(Br)cc6)(O2)O[Si]2(CCCN=Cc6ccc(Br)cc6)O[Si](CCCN=Cc6ccc(Br)cc6)(O3)O[Si](CCCN=Cc3ccc(Br)cc3)(O4)O[Si](CCCN=Cc3ccc(Br)cc3)(O5)O2)cc1. The molecule has 116 heavy (non-hydrogen) atoms. The van der Waals surface area contributed by atoms with Crippen molar-refractivity contribution in [2.24, 2.45) is 39.9 Å². The largest absolute Gasteiger partial charge is 0.478 e. The van der Waals surface area contributed by atoms with Crippen molar-refractivity contribution in [2.75, 3.05) is 52.4 Å². The normalized spacial score (nSPS) is 25.3. The van der Waals surface area contributed by atoms with E-state index < -0.39 is 70.4 Å². The van der Waals surface area contributed by atoms with Gasteiger partial charge in [-0.2, -0.15) is 0 Å². The van der Waals surface area contributed by atoms with Crippen LogP contribution in [0.25, 0.3) is 0 Å². The summed E-state index contributed by atoms with van der Waals surface area (Å²) >= 11 is 28.9. The second kappa shape index (κ2) is 43.5. The number of nitrogens with zero attached hydrogens (tertiary/aromatic N) is 8. The number of halogens is 8. The van der Waals surface area contributed by atoms with Gasteiger partial charge in [-0.25, -0.2) is 0 Å². The molecule has 14 rings (SSSR count). The number of benzene rings is 8. The second-order valence-corrected chi connectivity index (χ2v) is 60.3. The van der Waals surface area contributed by atoms with Crippen LogP contribution in [0.2, 0.25) is 48.4 Å². The monoisotopic (exact) mass is 2210 g/mol. The van der Waals surface area contributed by atoms with Gasteiger partial charge in [-0.05, 0) is 193 Å². The summed E-state index contributed by atoms with van der Waals surface area (Å²) in [5, 5.41) is 0. The van der Waals surface area contributed by atoms with Gasteiger partial charge in [0.1, 0.15) is 0 Å². The summed E-state index contributed by atoms with van der Waals surface area (Å²) in [5.41, 5.74) is 7.55. The van der Waals surface area contributed by atoms with Crippen LogP contribution in [0.15, 0.2) is 270 Å². The van der Waals surface area contributed by atoms with Crippen LogP contribution in [0.1, 0.15) is 95.9 Å². The summed E-state index contributed by atoms with van der Waals surface area (Å²) in [6.07, 6.45) is 18.5. The molecule has 0 aliphatic carbocycles. The molecule has 6 saturated heterocycles. The predicted molar refractivity (Wildman–Crippen MR) is 507 cm³/mol. The molecule has 6 fully saturated rings. The van der Waals surface area contributed by atoms with Gasteiger partial charge in [-0.15, -0.1) is 0 Å². The minimum Gasteiger partial charge on any atom is -0.373 e. The highest BCUT2D eigenvalue weighted by Crippen LogP contribution is 2.55. The minimum atomic E-state index is -4.58. The smallest absolute Gasteiger partial charge is 0.373 e. The molecular formula is C80H88Br8N8O12Si8. The minimum absolute atomic E-state index is 0.195. The molecule has 8 bridgehead atoms. The highest BCUT2D eigenvalue weighted by molar-refractivity contribution is 9.11. The Bertz CT molecular complexity index is 3800. The maximum atomic E-state index is 8.40. The number of hydrogen-bond donors (Lipinski definition) is 0. The van der Waals surface area contributed by atoms with E-state index in [1.165, 1.54) is 0 Å². The zero-order valence-corrected chi connectivity index (χ0v) is 84.3. The van der Waals surface area contributed by atoms with Crippen molar-refractivity contribution in [3.63, 3.8) is 0 Å². The van der Waals surface area contributed by atoms with Crippen LogP contribution in [0.3, 0.4) is 0 Å². The van der Waals surface area contributed by atoms with Gasteiger partial charge >= 0.3 is 70.4 Å². The van der Waals surface area contributed by atoms with Crippen LogP contribution in [-0.2, 0) is 49.4 Å². The molecule has 6 heterocycles. The molecule has 6 aliphatic rings. The molecule has 0 saturated carbocycles. The van der Waals surface area contributed by atoms with Gasteiger partial charge in [0, 0.05) is 186 Å². The molecule has 0 spiro atoms. The Morgan fingerprint density at radius 3 is 0.353 bits per heavy atom. The predicted octanol–water partition coefficient (Wildman–Crippen LogP) is 21.9. The Kier molecular flexibility index (Phi) is 33.7. The van der Waals surface area contributed by atoms with Gasteiger partial charge in [-0.1, -0.05) is 225 Å². The van der Waals surface area contributed by atoms with E-state index in [-0.39, 0.29) is 48.4 Å². The first-order valence-corrected chi connectivity index (χ1v) is 60.5. The van der Waals surface area contributed by atoms with Gasteiger partial charge in [0.15, 0.2) is 0 Å². The lowest BCUT2D eigenvalue weighted by molar-refractivity contribution is -0.0309. The zero-order chi connectivity index (χ0) is 80.6. The lowest BCUT2D eigenvalue weighted by atomic mass is 10.2. The summed E-state index contributed by atoms with van der Waals surface area (Å²) in [7, 11) is -36.7. The molecule has 6 aliphatic heterocycles. The first-order chi connectivity index (χ1) is 56.3. The first-order valence-electron chi connectivity index (χ1n) is 38.7. The fourth-order valence-corrected chi connectivity index (χ4v) is 65.8. The van der Waals surface area contributed by atoms with E-state index in [9.17, 15) is 0 Å². The topological polar surface area (TPSA) is 210 Å². The quantitative estimate of drug-likeness (QED) is 0.0199. The van der Waals surface area contributed by atoms with Crippen molar-refractivity contribution in [2.45, 2.75) is 99.7 Å². The van der Waals surface area contributed by atoms with Crippen molar-refractivity contribution in [1.29, 1.82) is 0 Å². The van der Waals surface area contributed by atoms with Gasteiger partial charge in [0.2, 0.25) is 0 Å².